The van der Waals surface area contributed by atoms with Crippen LogP contribution in [0.2, 0.25) is 0 Å². The summed E-state index contributed by atoms with van der Waals surface area (Å²) in [6, 6.07) is 12.4. The SMILES string of the molecule is Cc1cccc(Nc2nc3nonc3nc2NN=Cc2cccc(C(F)(F)F)c2)c1. The quantitative estimate of drug-likeness (QED) is 0.366. The van der Waals surface area contributed by atoms with Crippen molar-refractivity contribution >= 4 is 34.8 Å². The van der Waals surface area contributed by atoms with E-state index in [0.717, 1.165) is 23.4 Å². The fourth-order valence-electron chi connectivity index (χ4n) is 2.63. The number of rotatable bonds is 5. The van der Waals surface area contributed by atoms with Crippen LogP contribution in [0.3, 0.4) is 0 Å². The molecule has 0 radical (unpaired) electrons. The Kier molecular flexibility index (Phi) is 5.00. The van der Waals surface area contributed by atoms with Gasteiger partial charge in [-0.25, -0.2) is 9.61 Å². The van der Waals surface area contributed by atoms with Crippen LogP contribution in [0.4, 0.5) is 30.5 Å². The molecule has 30 heavy (non-hydrogen) atoms. The molecule has 8 nitrogen and oxygen atoms in total. The van der Waals surface area contributed by atoms with E-state index in [9.17, 15) is 13.2 Å². The van der Waals surface area contributed by atoms with Crippen LogP contribution >= 0.6 is 0 Å². The molecule has 0 saturated heterocycles. The second-order valence-corrected chi connectivity index (χ2v) is 6.32. The van der Waals surface area contributed by atoms with Crippen molar-refractivity contribution in [3.05, 3.63) is 65.2 Å². The molecule has 0 bridgehead atoms. The first kappa shape index (κ1) is 19.3. The van der Waals surface area contributed by atoms with E-state index in [4.69, 9.17) is 0 Å². The molecule has 4 aromatic rings. The third-order valence-corrected chi connectivity index (χ3v) is 3.99. The number of halogens is 3. The second-order valence-electron chi connectivity index (χ2n) is 6.32. The van der Waals surface area contributed by atoms with Gasteiger partial charge in [-0.1, -0.05) is 24.3 Å². The van der Waals surface area contributed by atoms with Gasteiger partial charge in [-0.2, -0.15) is 23.3 Å². The number of aromatic nitrogens is 4. The number of nitrogens with one attached hydrogen (secondary N) is 2. The average Bonchev–Trinajstić information content (AvgIpc) is 3.15. The molecule has 2 aromatic carbocycles. The van der Waals surface area contributed by atoms with Crippen molar-refractivity contribution in [3.8, 4) is 0 Å². The number of hydrazone groups is 1. The van der Waals surface area contributed by atoms with Crippen molar-refractivity contribution in [1.82, 2.24) is 20.3 Å². The fraction of sp³-hybridized carbons (Fsp3) is 0.105. The highest BCUT2D eigenvalue weighted by Crippen LogP contribution is 2.29. The maximum absolute atomic E-state index is 12.9. The van der Waals surface area contributed by atoms with Gasteiger partial charge in [0.25, 0.3) is 0 Å². The molecule has 0 aliphatic carbocycles. The van der Waals surface area contributed by atoms with Gasteiger partial charge in [0.1, 0.15) is 0 Å². The van der Waals surface area contributed by atoms with Crippen LogP contribution in [-0.4, -0.2) is 26.5 Å². The Balaban J connectivity index is 1.61. The van der Waals surface area contributed by atoms with Crippen LogP contribution in [0.1, 0.15) is 16.7 Å². The number of fused-ring (bicyclic) bond motifs is 1. The molecule has 4 rings (SSSR count). The van der Waals surface area contributed by atoms with E-state index < -0.39 is 11.7 Å². The molecule has 0 aliphatic rings. The zero-order chi connectivity index (χ0) is 21.1. The van der Waals surface area contributed by atoms with Crippen LogP contribution in [0.5, 0.6) is 0 Å². The van der Waals surface area contributed by atoms with Gasteiger partial charge >= 0.3 is 6.18 Å². The van der Waals surface area contributed by atoms with Crippen molar-refractivity contribution in [2.24, 2.45) is 5.10 Å². The zero-order valence-electron chi connectivity index (χ0n) is 15.5. The van der Waals surface area contributed by atoms with Crippen LogP contribution < -0.4 is 10.7 Å². The lowest BCUT2D eigenvalue weighted by Gasteiger charge is -2.10. The van der Waals surface area contributed by atoms with E-state index in [0.29, 0.717) is 5.82 Å². The summed E-state index contributed by atoms with van der Waals surface area (Å²) in [6.45, 7) is 1.94. The number of hydrogen-bond donors (Lipinski definition) is 2. The van der Waals surface area contributed by atoms with E-state index in [2.05, 4.69) is 40.8 Å². The fourth-order valence-corrected chi connectivity index (χ4v) is 2.63. The van der Waals surface area contributed by atoms with Gasteiger partial charge < -0.3 is 5.32 Å². The monoisotopic (exact) mass is 413 g/mol. The highest BCUT2D eigenvalue weighted by molar-refractivity contribution is 5.82. The molecule has 0 saturated carbocycles. The predicted octanol–water partition coefficient (Wildman–Crippen LogP) is 4.53. The minimum absolute atomic E-state index is 0.154. The topological polar surface area (TPSA) is 101 Å². The second kappa shape index (κ2) is 7.78. The molecule has 0 spiro atoms. The van der Waals surface area contributed by atoms with Crippen LogP contribution in [0.15, 0.2) is 58.3 Å². The lowest BCUT2D eigenvalue weighted by Crippen LogP contribution is -2.05. The summed E-state index contributed by atoms with van der Waals surface area (Å²) < 4.78 is 43.2. The maximum Gasteiger partial charge on any atom is 0.416 e. The average molecular weight is 413 g/mol. The van der Waals surface area contributed by atoms with Gasteiger partial charge in [0.05, 0.1) is 11.8 Å². The number of aryl methyl sites for hydroxylation is 1. The van der Waals surface area contributed by atoms with Crippen molar-refractivity contribution in [2.75, 3.05) is 10.7 Å². The summed E-state index contributed by atoms with van der Waals surface area (Å²) in [5, 5.41) is 14.4. The summed E-state index contributed by atoms with van der Waals surface area (Å²) in [5.41, 5.74) is 4.32. The summed E-state index contributed by atoms with van der Waals surface area (Å²) in [4.78, 5) is 8.55. The summed E-state index contributed by atoms with van der Waals surface area (Å²) in [5.74, 6) is 0.493. The molecule has 0 unspecified atom stereocenters. The van der Waals surface area contributed by atoms with Crippen LogP contribution in [-0.2, 0) is 6.18 Å². The Morgan fingerprint density at radius 1 is 0.967 bits per heavy atom. The number of alkyl halides is 3. The lowest BCUT2D eigenvalue weighted by molar-refractivity contribution is -0.137. The van der Waals surface area contributed by atoms with Gasteiger partial charge in [0, 0.05) is 5.69 Å². The molecule has 2 N–H and O–H groups in total. The largest absolute Gasteiger partial charge is 0.416 e. The van der Waals surface area contributed by atoms with Crippen molar-refractivity contribution in [3.63, 3.8) is 0 Å². The van der Waals surface area contributed by atoms with E-state index in [1.807, 2.05) is 31.2 Å². The molecule has 152 valence electrons. The molecule has 0 amide bonds. The van der Waals surface area contributed by atoms with E-state index in [1.165, 1.54) is 18.3 Å². The Hall–Kier alpha value is -4.02. The lowest BCUT2D eigenvalue weighted by atomic mass is 10.1. The standard InChI is InChI=1S/C19H14F3N7O/c1-11-4-2-7-14(8-11)24-15-16(26-18-17(25-15)28-30-29-18)27-23-10-12-5-3-6-13(9-12)19(20,21)22/h2-10H,1H3,(H,24,25,28)(H,26,27,29). The number of benzene rings is 2. The first-order chi connectivity index (χ1) is 14.4. The van der Waals surface area contributed by atoms with Crippen molar-refractivity contribution in [1.29, 1.82) is 0 Å². The van der Waals surface area contributed by atoms with Crippen LogP contribution in [0, 0.1) is 6.92 Å². The third-order valence-electron chi connectivity index (χ3n) is 3.99. The van der Waals surface area contributed by atoms with E-state index in [1.54, 1.807) is 0 Å². The zero-order valence-corrected chi connectivity index (χ0v) is 15.5. The molecule has 0 aliphatic heterocycles. The number of anilines is 3. The molecular formula is C19H14F3N7O. The van der Waals surface area contributed by atoms with Gasteiger partial charge in [-0.15, -0.1) is 0 Å². The minimum Gasteiger partial charge on any atom is -0.337 e. The van der Waals surface area contributed by atoms with Crippen LogP contribution in [0.25, 0.3) is 11.3 Å². The number of nitrogens with zero attached hydrogens (tertiary/aromatic N) is 5. The van der Waals surface area contributed by atoms with Gasteiger partial charge in [0.2, 0.25) is 11.3 Å². The van der Waals surface area contributed by atoms with E-state index >= 15 is 0 Å². The highest BCUT2D eigenvalue weighted by Gasteiger charge is 2.30. The summed E-state index contributed by atoms with van der Waals surface area (Å²) in [6.07, 6.45) is -3.18. The first-order valence-electron chi connectivity index (χ1n) is 8.69. The molecule has 0 fully saturated rings. The minimum atomic E-state index is -4.43. The summed E-state index contributed by atoms with van der Waals surface area (Å²) >= 11 is 0. The summed E-state index contributed by atoms with van der Waals surface area (Å²) in [7, 11) is 0. The Morgan fingerprint density at radius 3 is 2.43 bits per heavy atom. The Bertz CT molecular complexity index is 1220. The highest BCUT2D eigenvalue weighted by atomic mass is 19.4. The Labute approximate surface area is 167 Å². The molecule has 2 heterocycles. The number of hydrogen-bond acceptors (Lipinski definition) is 8. The van der Waals surface area contributed by atoms with Gasteiger partial charge in [-0.05, 0) is 52.6 Å². The smallest absolute Gasteiger partial charge is 0.337 e. The van der Waals surface area contributed by atoms with Gasteiger partial charge in [0.15, 0.2) is 11.6 Å². The third kappa shape index (κ3) is 4.35. The van der Waals surface area contributed by atoms with E-state index in [-0.39, 0.29) is 22.7 Å². The Morgan fingerprint density at radius 2 is 1.70 bits per heavy atom. The molecule has 2 aromatic heterocycles. The van der Waals surface area contributed by atoms with Crippen molar-refractivity contribution in [2.45, 2.75) is 13.1 Å². The first-order valence-corrected chi connectivity index (χ1v) is 8.69. The van der Waals surface area contributed by atoms with Crippen molar-refractivity contribution < 1.29 is 17.8 Å². The van der Waals surface area contributed by atoms with Gasteiger partial charge in [-0.3, -0.25) is 5.43 Å². The normalized spacial score (nSPS) is 11.9. The molecule has 0 atom stereocenters. The molecular weight excluding hydrogens is 399 g/mol. The molecule has 11 heteroatoms. The maximum atomic E-state index is 12.9. The predicted molar refractivity (Wildman–Crippen MR) is 105 cm³/mol.